The third kappa shape index (κ3) is 2.93. The molecule has 106 valence electrons. The molecule has 0 aliphatic carbocycles. The van der Waals surface area contributed by atoms with E-state index in [1.165, 1.54) is 0 Å². The number of benzene rings is 1. The summed E-state index contributed by atoms with van der Waals surface area (Å²) in [6.07, 6.45) is 0. The maximum Gasteiger partial charge on any atom is 0.161 e. The number of nitrogen functional groups attached to an aromatic ring is 1. The number of anilines is 2. The lowest BCUT2D eigenvalue weighted by atomic mass is 10.1. The molecule has 2 rings (SSSR count). The smallest absolute Gasteiger partial charge is 0.161 e. The number of aromatic nitrogens is 2. The zero-order valence-electron chi connectivity index (χ0n) is 12.2. The molecular formula is C15H19BrN4. The topological polar surface area (TPSA) is 55.0 Å². The van der Waals surface area contributed by atoms with E-state index in [1.54, 1.807) is 0 Å². The Morgan fingerprint density at radius 3 is 2.20 bits per heavy atom. The van der Waals surface area contributed by atoms with Crippen LogP contribution in [0, 0.1) is 0 Å². The van der Waals surface area contributed by atoms with Crippen molar-refractivity contribution in [1.29, 1.82) is 0 Å². The van der Waals surface area contributed by atoms with Crippen molar-refractivity contribution < 1.29 is 0 Å². The van der Waals surface area contributed by atoms with Crippen LogP contribution in [0.4, 0.5) is 11.5 Å². The first-order valence-electron chi connectivity index (χ1n) is 6.50. The molecule has 0 aliphatic heterocycles. The summed E-state index contributed by atoms with van der Waals surface area (Å²) in [4.78, 5) is 11.0. The van der Waals surface area contributed by atoms with Crippen molar-refractivity contribution in [1.82, 2.24) is 9.97 Å². The van der Waals surface area contributed by atoms with Crippen LogP contribution in [0.1, 0.15) is 25.5 Å². The normalized spacial score (nSPS) is 10.9. The average molecular weight is 335 g/mol. The molecule has 0 aliphatic rings. The van der Waals surface area contributed by atoms with Gasteiger partial charge in [0.05, 0.1) is 10.2 Å². The Labute approximate surface area is 128 Å². The Balaban J connectivity index is 2.47. The van der Waals surface area contributed by atoms with Gasteiger partial charge in [0.15, 0.2) is 5.82 Å². The van der Waals surface area contributed by atoms with Gasteiger partial charge in [-0.2, -0.15) is 0 Å². The second kappa shape index (κ2) is 5.79. The summed E-state index contributed by atoms with van der Waals surface area (Å²) in [7, 11) is 4.03. The molecule has 0 atom stereocenters. The highest BCUT2D eigenvalue weighted by molar-refractivity contribution is 9.10. The van der Waals surface area contributed by atoms with E-state index >= 15 is 0 Å². The second-order valence-corrected chi connectivity index (χ2v) is 6.02. The van der Waals surface area contributed by atoms with Crippen LogP contribution in [-0.2, 0) is 0 Å². The second-order valence-electron chi connectivity index (χ2n) is 5.23. The summed E-state index contributed by atoms with van der Waals surface area (Å²) in [5.74, 6) is 1.43. The quantitative estimate of drug-likeness (QED) is 0.930. The Morgan fingerprint density at radius 2 is 1.70 bits per heavy atom. The van der Waals surface area contributed by atoms with E-state index in [1.807, 2.05) is 38.4 Å². The first-order valence-corrected chi connectivity index (χ1v) is 7.30. The van der Waals surface area contributed by atoms with Gasteiger partial charge in [-0.25, -0.2) is 9.97 Å². The van der Waals surface area contributed by atoms with Crippen molar-refractivity contribution >= 4 is 27.4 Å². The fourth-order valence-corrected chi connectivity index (χ4v) is 2.54. The minimum Gasteiger partial charge on any atom is -0.383 e. The van der Waals surface area contributed by atoms with Gasteiger partial charge < -0.3 is 10.6 Å². The molecule has 0 saturated heterocycles. The van der Waals surface area contributed by atoms with Crippen LogP contribution in [0.15, 0.2) is 28.7 Å². The van der Waals surface area contributed by atoms with Gasteiger partial charge in [0, 0.05) is 25.3 Å². The lowest BCUT2D eigenvalue weighted by Crippen LogP contribution is -2.08. The summed E-state index contributed by atoms with van der Waals surface area (Å²) in [6, 6.07) is 8.13. The number of hydrogen-bond acceptors (Lipinski definition) is 4. The van der Waals surface area contributed by atoms with E-state index in [0.717, 1.165) is 21.4 Å². The SMILES string of the molecule is CC(C)c1nc(-c2ccc(N(C)C)cc2)nc(N)c1Br. The maximum absolute atomic E-state index is 5.97. The molecule has 0 amide bonds. The molecule has 1 aromatic carbocycles. The highest BCUT2D eigenvalue weighted by Crippen LogP contribution is 2.30. The van der Waals surface area contributed by atoms with Gasteiger partial charge in [-0.3, -0.25) is 0 Å². The molecule has 1 aromatic heterocycles. The van der Waals surface area contributed by atoms with Crippen molar-refractivity contribution in [2.24, 2.45) is 0 Å². The molecule has 1 heterocycles. The molecule has 0 spiro atoms. The van der Waals surface area contributed by atoms with Crippen LogP contribution in [0.2, 0.25) is 0 Å². The van der Waals surface area contributed by atoms with Crippen LogP contribution in [0.25, 0.3) is 11.4 Å². The van der Waals surface area contributed by atoms with E-state index in [4.69, 9.17) is 5.73 Å². The van der Waals surface area contributed by atoms with Crippen LogP contribution in [0.3, 0.4) is 0 Å². The summed E-state index contributed by atoms with van der Waals surface area (Å²) in [5, 5.41) is 0. The van der Waals surface area contributed by atoms with Crippen molar-refractivity contribution in [3.05, 3.63) is 34.4 Å². The van der Waals surface area contributed by atoms with Crippen molar-refractivity contribution in [2.45, 2.75) is 19.8 Å². The number of nitrogens with zero attached hydrogens (tertiary/aromatic N) is 3. The molecule has 0 unspecified atom stereocenters. The molecule has 4 nitrogen and oxygen atoms in total. The summed E-state index contributed by atoms with van der Waals surface area (Å²) < 4.78 is 0.793. The van der Waals surface area contributed by atoms with Gasteiger partial charge >= 0.3 is 0 Å². The molecule has 0 radical (unpaired) electrons. The van der Waals surface area contributed by atoms with Gasteiger partial charge in [0.2, 0.25) is 0 Å². The zero-order valence-corrected chi connectivity index (χ0v) is 13.8. The van der Waals surface area contributed by atoms with Crippen molar-refractivity contribution in [3.8, 4) is 11.4 Å². The largest absolute Gasteiger partial charge is 0.383 e. The number of hydrogen-bond donors (Lipinski definition) is 1. The molecule has 2 N–H and O–H groups in total. The Bertz CT molecular complexity index is 606. The van der Waals surface area contributed by atoms with Crippen LogP contribution < -0.4 is 10.6 Å². The van der Waals surface area contributed by atoms with E-state index in [2.05, 4.69) is 44.6 Å². The van der Waals surface area contributed by atoms with Crippen molar-refractivity contribution in [3.63, 3.8) is 0 Å². The highest BCUT2D eigenvalue weighted by Gasteiger charge is 2.14. The lowest BCUT2D eigenvalue weighted by molar-refractivity contribution is 0.811. The maximum atomic E-state index is 5.97. The first-order chi connectivity index (χ1) is 9.40. The number of halogens is 1. The molecule has 2 aromatic rings. The molecular weight excluding hydrogens is 316 g/mol. The average Bonchev–Trinajstić information content (AvgIpc) is 2.41. The highest BCUT2D eigenvalue weighted by atomic mass is 79.9. The Kier molecular flexibility index (Phi) is 4.28. The number of nitrogens with two attached hydrogens (primary N) is 1. The fourth-order valence-electron chi connectivity index (χ4n) is 1.90. The van der Waals surface area contributed by atoms with Crippen molar-refractivity contribution in [2.75, 3.05) is 24.7 Å². The summed E-state index contributed by atoms with van der Waals surface area (Å²) >= 11 is 3.46. The minimum absolute atomic E-state index is 0.287. The molecule has 5 heteroatoms. The molecule has 0 fully saturated rings. The van der Waals surface area contributed by atoms with Gasteiger partial charge in [0.25, 0.3) is 0 Å². The first kappa shape index (κ1) is 14.8. The standard InChI is InChI=1S/C15H19BrN4/c1-9(2)13-12(16)14(17)19-15(18-13)10-5-7-11(8-6-10)20(3)4/h5-9H,1-4H3,(H2,17,18,19). The van der Waals surface area contributed by atoms with E-state index in [9.17, 15) is 0 Å². The van der Waals surface area contributed by atoms with E-state index in [-0.39, 0.29) is 5.92 Å². The third-order valence-corrected chi connectivity index (χ3v) is 3.90. The van der Waals surface area contributed by atoms with E-state index < -0.39 is 0 Å². The predicted molar refractivity (Wildman–Crippen MR) is 88.0 cm³/mol. The van der Waals surface area contributed by atoms with Crippen LogP contribution >= 0.6 is 15.9 Å². The van der Waals surface area contributed by atoms with Crippen LogP contribution in [-0.4, -0.2) is 24.1 Å². The third-order valence-electron chi connectivity index (χ3n) is 3.09. The zero-order chi connectivity index (χ0) is 14.9. The van der Waals surface area contributed by atoms with Gasteiger partial charge in [-0.05, 0) is 46.1 Å². The Morgan fingerprint density at radius 1 is 1.10 bits per heavy atom. The van der Waals surface area contributed by atoms with E-state index in [0.29, 0.717) is 11.6 Å². The predicted octanol–water partition coefficient (Wildman–Crippen LogP) is 3.68. The summed E-state index contributed by atoms with van der Waals surface area (Å²) in [5.41, 5.74) is 9.01. The lowest BCUT2D eigenvalue weighted by Gasteiger charge is -2.14. The Hall–Kier alpha value is -1.62. The molecule has 0 saturated carbocycles. The monoisotopic (exact) mass is 334 g/mol. The van der Waals surface area contributed by atoms with Gasteiger partial charge in [-0.15, -0.1) is 0 Å². The molecule has 0 bridgehead atoms. The minimum atomic E-state index is 0.287. The fraction of sp³-hybridized carbons (Fsp3) is 0.333. The summed E-state index contributed by atoms with van der Waals surface area (Å²) in [6.45, 7) is 4.18. The van der Waals surface area contributed by atoms with Gasteiger partial charge in [-0.1, -0.05) is 13.8 Å². The number of rotatable bonds is 3. The van der Waals surface area contributed by atoms with Crippen LogP contribution in [0.5, 0.6) is 0 Å². The molecule has 20 heavy (non-hydrogen) atoms. The van der Waals surface area contributed by atoms with Gasteiger partial charge in [0.1, 0.15) is 5.82 Å².